The van der Waals surface area contributed by atoms with E-state index in [2.05, 4.69) is 25.8 Å². The molecule has 0 radical (unpaired) electrons. The maximum Gasteiger partial charge on any atom is 0.248 e. The predicted octanol–water partition coefficient (Wildman–Crippen LogP) is 3.29. The van der Waals surface area contributed by atoms with Gasteiger partial charge in [-0.15, -0.1) is 5.10 Å². The number of nitrogens with zero attached hydrogens (tertiary/aromatic N) is 2. The Morgan fingerprint density at radius 3 is 1.95 bits per heavy atom. The number of aromatic amines is 1. The largest absolute Gasteiger partial charge is 0.325 e. The van der Waals surface area contributed by atoms with Crippen LogP contribution in [0.5, 0.6) is 0 Å². The monoisotopic (exact) mass is 251 g/mol. The molecule has 94 valence electrons. The van der Waals surface area contributed by atoms with Crippen LogP contribution in [0.15, 0.2) is 60.7 Å². The first-order chi connectivity index (χ1) is 9.40. The fourth-order valence-corrected chi connectivity index (χ4v) is 1.68. The van der Waals surface area contributed by atoms with Crippen LogP contribution in [0.3, 0.4) is 0 Å². The van der Waals surface area contributed by atoms with Crippen molar-refractivity contribution in [1.29, 1.82) is 0 Å². The maximum atomic E-state index is 4.31. The van der Waals surface area contributed by atoms with E-state index in [9.17, 15) is 0 Å². The molecule has 0 atom stereocenters. The fourth-order valence-electron chi connectivity index (χ4n) is 1.68. The van der Waals surface area contributed by atoms with Gasteiger partial charge in [0.1, 0.15) is 0 Å². The standard InChI is InChI=1S/C14H13N5/c1-3-7-11(8-4-1)15-13-17-14(19-18-13)16-12-9-5-2-6-10-12/h1-10H,(H3,15,16,17,18,19). The van der Waals surface area contributed by atoms with E-state index in [1.165, 1.54) is 0 Å². The van der Waals surface area contributed by atoms with Gasteiger partial charge in [0, 0.05) is 11.4 Å². The van der Waals surface area contributed by atoms with Crippen LogP contribution in [-0.2, 0) is 0 Å². The van der Waals surface area contributed by atoms with Gasteiger partial charge in [-0.25, -0.2) is 5.10 Å². The molecule has 0 fully saturated rings. The van der Waals surface area contributed by atoms with Crippen LogP contribution in [0, 0.1) is 0 Å². The van der Waals surface area contributed by atoms with E-state index in [-0.39, 0.29) is 0 Å². The first-order valence-corrected chi connectivity index (χ1v) is 5.97. The molecule has 2 aromatic carbocycles. The second-order valence-electron chi connectivity index (χ2n) is 3.99. The minimum Gasteiger partial charge on any atom is -0.325 e. The van der Waals surface area contributed by atoms with Crippen molar-refractivity contribution in [3.63, 3.8) is 0 Å². The molecule has 1 heterocycles. The van der Waals surface area contributed by atoms with Crippen molar-refractivity contribution in [2.75, 3.05) is 10.6 Å². The molecular weight excluding hydrogens is 238 g/mol. The van der Waals surface area contributed by atoms with Crippen molar-refractivity contribution in [2.24, 2.45) is 0 Å². The Bertz CT molecular complexity index is 577. The third kappa shape index (κ3) is 2.90. The predicted molar refractivity (Wildman–Crippen MR) is 75.8 cm³/mol. The van der Waals surface area contributed by atoms with E-state index in [1.807, 2.05) is 60.7 Å². The number of hydrogen-bond acceptors (Lipinski definition) is 4. The lowest BCUT2D eigenvalue weighted by atomic mass is 10.3. The molecule has 0 unspecified atom stereocenters. The summed E-state index contributed by atoms with van der Waals surface area (Å²) in [6, 6.07) is 19.6. The molecule has 0 saturated carbocycles. The highest BCUT2D eigenvalue weighted by molar-refractivity contribution is 5.57. The van der Waals surface area contributed by atoms with Crippen molar-refractivity contribution < 1.29 is 0 Å². The van der Waals surface area contributed by atoms with Crippen LogP contribution >= 0.6 is 0 Å². The Labute approximate surface area is 110 Å². The Balaban J connectivity index is 1.70. The summed E-state index contributed by atoms with van der Waals surface area (Å²) >= 11 is 0. The van der Waals surface area contributed by atoms with Crippen LogP contribution in [0.2, 0.25) is 0 Å². The first-order valence-electron chi connectivity index (χ1n) is 5.97. The van der Waals surface area contributed by atoms with E-state index in [4.69, 9.17) is 0 Å². The molecule has 3 N–H and O–H groups in total. The Morgan fingerprint density at radius 1 is 0.737 bits per heavy atom. The number of para-hydroxylation sites is 2. The minimum absolute atomic E-state index is 0.532. The van der Waals surface area contributed by atoms with E-state index in [0.29, 0.717) is 11.9 Å². The topological polar surface area (TPSA) is 65.6 Å². The normalized spacial score (nSPS) is 10.1. The number of benzene rings is 2. The molecule has 5 heteroatoms. The van der Waals surface area contributed by atoms with Crippen molar-refractivity contribution in [3.8, 4) is 0 Å². The molecule has 5 nitrogen and oxygen atoms in total. The average Bonchev–Trinajstić information content (AvgIpc) is 2.88. The first kappa shape index (κ1) is 11.3. The van der Waals surface area contributed by atoms with Crippen LogP contribution < -0.4 is 10.6 Å². The highest BCUT2D eigenvalue weighted by Gasteiger charge is 2.02. The smallest absolute Gasteiger partial charge is 0.248 e. The number of nitrogens with one attached hydrogen (secondary N) is 3. The summed E-state index contributed by atoms with van der Waals surface area (Å²) in [6.45, 7) is 0. The van der Waals surface area contributed by atoms with Crippen LogP contribution in [0.1, 0.15) is 0 Å². The fraction of sp³-hybridized carbons (Fsp3) is 0. The molecule has 0 spiro atoms. The summed E-state index contributed by atoms with van der Waals surface area (Å²) in [5.74, 6) is 1.13. The lowest BCUT2D eigenvalue weighted by molar-refractivity contribution is 1.09. The zero-order chi connectivity index (χ0) is 12.9. The molecule has 3 aromatic rings. The van der Waals surface area contributed by atoms with E-state index in [1.54, 1.807) is 0 Å². The summed E-state index contributed by atoms with van der Waals surface area (Å²) in [6.07, 6.45) is 0. The van der Waals surface area contributed by atoms with Crippen molar-refractivity contribution in [2.45, 2.75) is 0 Å². The van der Waals surface area contributed by atoms with E-state index >= 15 is 0 Å². The van der Waals surface area contributed by atoms with Gasteiger partial charge < -0.3 is 10.6 Å². The molecule has 0 saturated heterocycles. The molecule has 19 heavy (non-hydrogen) atoms. The van der Waals surface area contributed by atoms with E-state index in [0.717, 1.165) is 11.4 Å². The van der Waals surface area contributed by atoms with Gasteiger partial charge in [0.2, 0.25) is 11.9 Å². The molecular formula is C14H13N5. The summed E-state index contributed by atoms with van der Waals surface area (Å²) in [4.78, 5) is 4.31. The summed E-state index contributed by atoms with van der Waals surface area (Å²) < 4.78 is 0. The zero-order valence-electron chi connectivity index (χ0n) is 10.2. The summed E-state index contributed by atoms with van der Waals surface area (Å²) in [5, 5.41) is 13.2. The lowest BCUT2D eigenvalue weighted by Gasteiger charge is -2.01. The highest BCUT2D eigenvalue weighted by Crippen LogP contribution is 2.15. The maximum absolute atomic E-state index is 4.31. The third-order valence-corrected chi connectivity index (χ3v) is 2.55. The lowest BCUT2D eigenvalue weighted by Crippen LogP contribution is -1.93. The molecule has 3 rings (SSSR count). The van der Waals surface area contributed by atoms with Crippen LogP contribution in [0.4, 0.5) is 23.3 Å². The Morgan fingerprint density at radius 2 is 1.32 bits per heavy atom. The van der Waals surface area contributed by atoms with Crippen molar-refractivity contribution >= 4 is 23.3 Å². The van der Waals surface area contributed by atoms with Gasteiger partial charge in [-0.2, -0.15) is 4.98 Å². The van der Waals surface area contributed by atoms with Gasteiger partial charge >= 0.3 is 0 Å². The van der Waals surface area contributed by atoms with Crippen molar-refractivity contribution in [3.05, 3.63) is 60.7 Å². The van der Waals surface area contributed by atoms with Crippen LogP contribution in [0.25, 0.3) is 0 Å². The average molecular weight is 251 g/mol. The molecule has 0 aliphatic carbocycles. The SMILES string of the molecule is c1ccc(Nc2n[nH]c(Nc3ccccc3)n2)cc1. The van der Waals surface area contributed by atoms with E-state index < -0.39 is 0 Å². The quantitative estimate of drug-likeness (QED) is 0.665. The minimum atomic E-state index is 0.532. The van der Waals surface area contributed by atoms with Gasteiger partial charge in [-0.3, -0.25) is 0 Å². The second kappa shape index (κ2) is 5.22. The highest BCUT2D eigenvalue weighted by atomic mass is 15.3. The van der Waals surface area contributed by atoms with Crippen molar-refractivity contribution in [1.82, 2.24) is 15.2 Å². The number of anilines is 4. The number of hydrogen-bond donors (Lipinski definition) is 3. The van der Waals surface area contributed by atoms with Crippen LogP contribution in [-0.4, -0.2) is 15.2 Å². The van der Waals surface area contributed by atoms with Gasteiger partial charge in [0.05, 0.1) is 0 Å². The number of aromatic nitrogens is 3. The summed E-state index contributed by atoms with van der Waals surface area (Å²) in [5.41, 5.74) is 1.91. The Kier molecular flexibility index (Phi) is 3.10. The molecule has 0 amide bonds. The zero-order valence-corrected chi connectivity index (χ0v) is 10.2. The molecule has 0 bridgehead atoms. The molecule has 0 aliphatic rings. The number of rotatable bonds is 4. The Hall–Kier alpha value is -2.82. The molecule has 0 aliphatic heterocycles. The third-order valence-electron chi connectivity index (χ3n) is 2.55. The summed E-state index contributed by atoms with van der Waals surface area (Å²) in [7, 11) is 0. The van der Waals surface area contributed by atoms with Gasteiger partial charge in [0.25, 0.3) is 0 Å². The molecule has 1 aromatic heterocycles. The van der Waals surface area contributed by atoms with Gasteiger partial charge in [0.15, 0.2) is 0 Å². The van der Waals surface area contributed by atoms with Gasteiger partial charge in [-0.05, 0) is 24.3 Å². The van der Waals surface area contributed by atoms with Gasteiger partial charge in [-0.1, -0.05) is 36.4 Å². The second-order valence-corrected chi connectivity index (χ2v) is 3.99. The number of H-pyrrole nitrogens is 1.